The lowest BCUT2D eigenvalue weighted by molar-refractivity contribution is 0.108. The normalized spacial score (nSPS) is 17.4. The number of nitrogens with zero attached hydrogens (tertiary/aromatic N) is 2. The fraction of sp³-hybridized carbons (Fsp3) is 0.923. The highest BCUT2D eigenvalue weighted by Crippen LogP contribution is 2.20. The summed E-state index contributed by atoms with van der Waals surface area (Å²) in [6.07, 6.45) is 24.4. The molecule has 0 spiro atoms. The van der Waals surface area contributed by atoms with E-state index in [2.05, 4.69) is 40.0 Å². The van der Waals surface area contributed by atoms with Gasteiger partial charge in [0.2, 0.25) is 0 Å². The molecule has 0 radical (unpaired) electrons. The van der Waals surface area contributed by atoms with Gasteiger partial charge < -0.3 is 5.11 Å². The monoisotopic (exact) mass is 506 g/mol. The molecule has 1 rings (SSSR count). The summed E-state index contributed by atoms with van der Waals surface area (Å²) >= 11 is 0. The van der Waals surface area contributed by atoms with Crippen LogP contribution in [0.4, 0.5) is 0 Å². The average molecular weight is 507 g/mol. The van der Waals surface area contributed by atoms with Crippen molar-refractivity contribution in [1.82, 2.24) is 9.80 Å². The number of hydrogen-bond donors (Lipinski definition) is 2. The molecule has 0 bridgehead atoms. The van der Waals surface area contributed by atoms with Gasteiger partial charge >= 0.3 is 10.4 Å². The van der Waals surface area contributed by atoms with Crippen LogP contribution in [0.5, 0.6) is 0 Å². The zero-order valence-corrected chi connectivity index (χ0v) is 23.1. The van der Waals surface area contributed by atoms with Crippen LogP contribution in [0.2, 0.25) is 0 Å². The minimum Gasteiger partial charge on any atom is -0.395 e. The van der Waals surface area contributed by atoms with E-state index in [9.17, 15) is 13.5 Å². The molecule has 7 nitrogen and oxygen atoms in total. The Bertz CT molecular complexity index is 572. The van der Waals surface area contributed by atoms with Crippen LogP contribution in [0.15, 0.2) is 12.2 Å². The Morgan fingerprint density at radius 1 is 0.824 bits per heavy atom. The molecule has 0 aromatic rings. The quantitative estimate of drug-likeness (QED) is 0.122. The number of aliphatic hydroxyl groups is 1. The molecule has 2 N–H and O–H groups in total. The Balaban J connectivity index is 0.00000135. The Morgan fingerprint density at radius 2 is 1.35 bits per heavy atom. The van der Waals surface area contributed by atoms with Crippen molar-refractivity contribution in [3.63, 3.8) is 0 Å². The SMILES string of the molecule is CCCCCCCC/C=C/CCCCCCCC1N(CC)CCN1CCO.CCOS(=O)(=O)O. The van der Waals surface area contributed by atoms with E-state index in [1.54, 1.807) is 0 Å². The molecule has 1 saturated heterocycles. The van der Waals surface area contributed by atoms with Crippen molar-refractivity contribution in [3.05, 3.63) is 12.2 Å². The van der Waals surface area contributed by atoms with Gasteiger partial charge in [0.25, 0.3) is 0 Å². The summed E-state index contributed by atoms with van der Waals surface area (Å²) in [6.45, 7) is 10.5. The molecule has 0 aliphatic carbocycles. The third-order valence-corrected chi connectivity index (χ3v) is 6.84. The van der Waals surface area contributed by atoms with E-state index in [4.69, 9.17) is 4.55 Å². The summed E-state index contributed by atoms with van der Waals surface area (Å²) in [5, 5.41) is 9.24. The van der Waals surface area contributed by atoms with Crippen LogP contribution in [0.3, 0.4) is 0 Å². The third-order valence-electron chi connectivity index (χ3n) is 6.30. The highest BCUT2D eigenvalue weighted by atomic mass is 32.3. The third kappa shape index (κ3) is 19.8. The number of aliphatic hydroxyl groups excluding tert-OH is 1. The first kappa shape index (κ1) is 33.5. The van der Waals surface area contributed by atoms with Crippen LogP contribution < -0.4 is 0 Å². The summed E-state index contributed by atoms with van der Waals surface area (Å²) in [5.41, 5.74) is 0. The van der Waals surface area contributed by atoms with E-state index in [0.29, 0.717) is 12.8 Å². The lowest BCUT2D eigenvalue weighted by Crippen LogP contribution is -2.39. The number of β-amino-alcohol motifs (C(OH)–C–C–N with tert-alkyl or cyclic N) is 1. The van der Waals surface area contributed by atoms with Crippen LogP contribution in [-0.2, 0) is 14.6 Å². The first-order valence-electron chi connectivity index (χ1n) is 13.7. The molecule has 0 saturated carbocycles. The van der Waals surface area contributed by atoms with Gasteiger partial charge in [0, 0.05) is 19.6 Å². The minimum atomic E-state index is -4.17. The second kappa shape index (κ2) is 22.9. The molecule has 0 aromatic heterocycles. The van der Waals surface area contributed by atoms with Crippen LogP contribution >= 0.6 is 0 Å². The molecular formula is C26H54N2O5S. The van der Waals surface area contributed by atoms with E-state index in [0.717, 1.165) is 19.6 Å². The molecule has 8 heteroatoms. The fourth-order valence-corrected chi connectivity index (χ4v) is 4.75. The highest BCUT2D eigenvalue weighted by molar-refractivity contribution is 7.80. The highest BCUT2D eigenvalue weighted by Gasteiger charge is 2.29. The Labute approximate surface area is 210 Å². The minimum absolute atomic E-state index is 0.0289. The standard InChI is InChI=1S/C24H48N2O.C2H6O4S/c1-3-5-6-7-8-9-10-11-12-13-14-15-16-17-18-19-24-25(4-2)20-21-26(24)22-23-27;1-2-6-7(3,4)5/h11-12,24,27H,3-10,13-23H2,1-2H3;2H2,1H3,(H,3,4,5)/b12-11+;. The Hall–Kier alpha value is -0.510. The first-order chi connectivity index (χ1) is 16.4. The smallest absolute Gasteiger partial charge is 0.395 e. The molecule has 1 unspecified atom stereocenters. The molecule has 204 valence electrons. The van der Waals surface area contributed by atoms with Crippen molar-refractivity contribution in [2.24, 2.45) is 0 Å². The molecule has 1 aliphatic heterocycles. The van der Waals surface area contributed by atoms with Gasteiger partial charge in [0.15, 0.2) is 0 Å². The maximum Gasteiger partial charge on any atom is 0.397 e. The number of rotatable bonds is 20. The molecular weight excluding hydrogens is 452 g/mol. The van der Waals surface area contributed by atoms with Gasteiger partial charge in [0.1, 0.15) is 0 Å². The molecule has 0 amide bonds. The lowest BCUT2D eigenvalue weighted by Gasteiger charge is -2.29. The van der Waals surface area contributed by atoms with Crippen molar-refractivity contribution in [1.29, 1.82) is 0 Å². The predicted octanol–water partition coefficient (Wildman–Crippen LogP) is 5.81. The molecule has 1 aliphatic rings. The second-order valence-electron chi connectivity index (χ2n) is 9.08. The zero-order valence-electron chi connectivity index (χ0n) is 22.3. The van der Waals surface area contributed by atoms with Gasteiger partial charge in [0.05, 0.1) is 19.4 Å². The maximum atomic E-state index is 9.56. The van der Waals surface area contributed by atoms with Gasteiger partial charge in [-0.1, -0.05) is 83.8 Å². The fourth-order valence-electron chi connectivity index (χ4n) is 4.46. The van der Waals surface area contributed by atoms with Crippen LogP contribution in [0.25, 0.3) is 0 Å². The predicted molar refractivity (Wildman–Crippen MR) is 142 cm³/mol. The van der Waals surface area contributed by atoms with Gasteiger partial charge in [-0.2, -0.15) is 8.42 Å². The summed E-state index contributed by atoms with van der Waals surface area (Å²) in [5.74, 6) is 0. The topological polar surface area (TPSA) is 90.3 Å². The number of hydrogen-bond acceptors (Lipinski definition) is 6. The number of likely N-dealkylation sites (N-methyl/N-ethyl adjacent to an activating group) is 1. The zero-order chi connectivity index (χ0) is 25.5. The van der Waals surface area contributed by atoms with Crippen molar-refractivity contribution in [2.45, 2.75) is 117 Å². The molecule has 34 heavy (non-hydrogen) atoms. The molecule has 1 atom stereocenters. The van der Waals surface area contributed by atoms with Gasteiger partial charge in [-0.05, 0) is 45.6 Å². The summed E-state index contributed by atoms with van der Waals surface area (Å²) in [4.78, 5) is 5.04. The Morgan fingerprint density at radius 3 is 1.82 bits per heavy atom. The van der Waals surface area contributed by atoms with Gasteiger partial charge in [-0.25, -0.2) is 4.18 Å². The summed E-state index contributed by atoms with van der Waals surface area (Å²) < 4.78 is 30.7. The maximum absolute atomic E-state index is 9.56. The van der Waals surface area contributed by atoms with Gasteiger partial charge in [-0.15, -0.1) is 0 Å². The van der Waals surface area contributed by atoms with Crippen molar-refractivity contribution in [2.75, 3.05) is 39.4 Å². The summed E-state index contributed by atoms with van der Waals surface area (Å²) in [7, 11) is -4.17. The number of unbranched alkanes of at least 4 members (excludes halogenated alkanes) is 11. The number of allylic oxidation sites excluding steroid dienone is 2. The first-order valence-corrected chi connectivity index (χ1v) is 15.1. The van der Waals surface area contributed by atoms with Crippen LogP contribution in [0, 0.1) is 0 Å². The lowest BCUT2D eigenvalue weighted by atomic mass is 10.1. The molecule has 1 heterocycles. The van der Waals surface area contributed by atoms with Crippen LogP contribution in [-0.4, -0.2) is 73.4 Å². The largest absolute Gasteiger partial charge is 0.397 e. The van der Waals surface area contributed by atoms with E-state index < -0.39 is 10.4 Å². The van der Waals surface area contributed by atoms with E-state index >= 15 is 0 Å². The van der Waals surface area contributed by atoms with E-state index in [1.807, 2.05) is 0 Å². The molecule has 1 fully saturated rings. The van der Waals surface area contributed by atoms with Crippen molar-refractivity contribution < 1.29 is 22.3 Å². The van der Waals surface area contributed by atoms with Crippen molar-refractivity contribution in [3.8, 4) is 0 Å². The van der Waals surface area contributed by atoms with Crippen LogP contribution in [0.1, 0.15) is 111 Å². The average Bonchev–Trinajstić information content (AvgIpc) is 3.18. The Kier molecular flexibility index (Phi) is 22.6. The van der Waals surface area contributed by atoms with E-state index in [1.165, 1.54) is 103 Å². The van der Waals surface area contributed by atoms with Gasteiger partial charge in [-0.3, -0.25) is 14.4 Å². The van der Waals surface area contributed by atoms with E-state index in [-0.39, 0.29) is 6.61 Å². The molecule has 0 aromatic carbocycles. The van der Waals surface area contributed by atoms with Crippen molar-refractivity contribution >= 4 is 10.4 Å². The summed E-state index contributed by atoms with van der Waals surface area (Å²) in [6, 6.07) is 0. The second-order valence-corrected chi connectivity index (χ2v) is 10.2.